The third kappa shape index (κ3) is 7.23. The summed E-state index contributed by atoms with van der Waals surface area (Å²) in [6, 6.07) is 14.7. The van der Waals surface area contributed by atoms with Gasteiger partial charge in [-0.05, 0) is 62.9 Å². The lowest BCUT2D eigenvalue weighted by atomic mass is 9.98. The fraction of sp³-hybridized carbons (Fsp3) is 0.423. The molecule has 3 amide bonds. The molecule has 0 unspecified atom stereocenters. The highest BCUT2D eigenvalue weighted by molar-refractivity contribution is 5.97. The lowest BCUT2D eigenvalue weighted by molar-refractivity contribution is 0.0293. The molecule has 34 heavy (non-hydrogen) atoms. The number of fused-ring (bicyclic) bond motifs is 1. The number of amides is 3. The summed E-state index contributed by atoms with van der Waals surface area (Å²) in [6.45, 7) is 7.32. The van der Waals surface area contributed by atoms with Gasteiger partial charge in [-0.15, -0.1) is 0 Å². The molecule has 1 N–H and O–H groups in total. The molecule has 0 atom stereocenters. The van der Waals surface area contributed by atoms with E-state index in [0.29, 0.717) is 43.7 Å². The number of rotatable bonds is 7. The molecule has 0 bridgehead atoms. The number of anilines is 1. The van der Waals surface area contributed by atoms with Crippen molar-refractivity contribution in [3.63, 3.8) is 0 Å². The van der Waals surface area contributed by atoms with E-state index in [1.807, 2.05) is 57.2 Å². The molecule has 0 fully saturated rings. The van der Waals surface area contributed by atoms with Crippen LogP contribution in [0.5, 0.6) is 0 Å². The van der Waals surface area contributed by atoms with Crippen LogP contribution in [0.15, 0.2) is 48.5 Å². The largest absolute Gasteiger partial charge is 0.444 e. The minimum absolute atomic E-state index is 0.0422. The van der Waals surface area contributed by atoms with E-state index >= 15 is 0 Å². The van der Waals surface area contributed by atoms with Crippen molar-refractivity contribution in [1.82, 2.24) is 9.80 Å². The van der Waals surface area contributed by atoms with Crippen LogP contribution in [0.1, 0.15) is 48.7 Å². The van der Waals surface area contributed by atoms with Gasteiger partial charge in [-0.25, -0.2) is 9.59 Å². The molecule has 0 spiro atoms. The lowest BCUT2D eigenvalue weighted by Gasteiger charge is -2.30. The maximum Gasteiger partial charge on any atom is 0.411 e. The van der Waals surface area contributed by atoms with E-state index in [1.165, 1.54) is 4.90 Å². The Morgan fingerprint density at radius 2 is 1.85 bits per heavy atom. The van der Waals surface area contributed by atoms with Crippen LogP contribution < -0.4 is 5.32 Å². The van der Waals surface area contributed by atoms with Crippen molar-refractivity contribution >= 4 is 23.8 Å². The van der Waals surface area contributed by atoms with Gasteiger partial charge in [-0.1, -0.05) is 30.3 Å². The van der Waals surface area contributed by atoms with Crippen LogP contribution in [0.2, 0.25) is 0 Å². The first kappa shape index (κ1) is 25.1. The zero-order chi connectivity index (χ0) is 24.7. The average molecular weight is 468 g/mol. The zero-order valence-electron chi connectivity index (χ0n) is 20.3. The minimum atomic E-state index is -0.540. The number of hydrogen-bond acceptors (Lipinski definition) is 5. The van der Waals surface area contributed by atoms with Gasteiger partial charge >= 0.3 is 12.2 Å². The van der Waals surface area contributed by atoms with Crippen molar-refractivity contribution in [2.24, 2.45) is 0 Å². The molecule has 0 aromatic heterocycles. The fourth-order valence-corrected chi connectivity index (χ4v) is 3.63. The van der Waals surface area contributed by atoms with Gasteiger partial charge in [0.15, 0.2) is 0 Å². The molecule has 8 heteroatoms. The molecule has 2 aromatic carbocycles. The van der Waals surface area contributed by atoms with Gasteiger partial charge < -0.3 is 19.3 Å². The zero-order valence-corrected chi connectivity index (χ0v) is 20.3. The third-order valence-corrected chi connectivity index (χ3v) is 5.36. The average Bonchev–Trinajstić information content (AvgIpc) is 2.78. The number of carbonyl (C=O) groups is 3. The summed E-state index contributed by atoms with van der Waals surface area (Å²) in [6.07, 6.45) is 0.438. The SMILES string of the molecule is CN(CCCN1CCc2cc(NC(=O)OCc3ccccc3)ccc2C1=O)C(=O)OC(C)(C)C. The Morgan fingerprint density at radius 3 is 2.56 bits per heavy atom. The second-order valence-corrected chi connectivity index (χ2v) is 9.36. The van der Waals surface area contributed by atoms with E-state index in [0.717, 1.165) is 11.1 Å². The number of hydrogen-bond donors (Lipinski definition) is 1. The van der Waals surface area contributed by atoms with Gasteiger partial charge in [0.25, 0.3) is 5.91 Å². The van der Waals surface area contributed by atoms with Gasteiger partial charge in [0.1, 0.15) is 12.2 Å². The quantitative estimate of drug-likeness (QED) is 0.638. The predicted octanol–water partition coefficient (Wildman–Crippen LogP) is 4.69. The van der Waals surface area contributed by atoms with E-state index in [2.05, 4.69) is 5.32 Å². The van der Waals surface area contributed by atoms with Crippen molar-refractivity contribution in [1.29, 1.82) is 0 Å². The van der Waals surface area contributed by atoms with Crippen LogP contribution in [0.4, 0.5) is 15.3 Å². The summed E-state index contributed by atoms with van der Waals surface area (Å²) in [5.41, 5.74) is 2.50. The topological polar surface area (TPSA) is 88.2 Å². The molecule has 8 nitrogen and oxygen atoms in total. The molecule has 1 aliphatic heterocycles. The Morgan fingerprint density at radius 1 is 1.12 bits per heavy atom. The minimum Gasteiger partial charge on any atom is -0.444 e. The molecular weight excluding hydrogens is 434 g/mol. The van der Waals surface area contributed by atoms with Crippen molar-refractivity contribution in [2.75, 3.05) is 32.0 Å². The van der Waals surface area contributed by atoms with Crippen molar-refractivity contribution in [3.05, 3.63) is 65.2 Å². The molecule has 182 valence electrons. The predicted molar refractivity (Wildman–Crippen MR) is 130 cm³/mol. The summed E-state index contributed by atoms with van der Waals surface area (Å²) in [7, 11) is 1.70. The number of benzene rings is 2. The lowest BCUT2D eigenvalue weighted by Crippen LogP contribution is -2.40. The fourth-order valence-electron chi connectivity index (χ4n) is 3.63. The van der Waals surface area contributed by atoms with Gasteiger partial charge in [0, 0.05) is 37.9 Å². The Bertz CT molecular complexity index is 1020. The normalized spacial score (nSPS) is 13.2. The molecule has 0 aliphatic carbocycles. The molecule has 1 aliphatic rings. The van der Waals surface area contributed by atoms with Crippen LogP contribution >= 0.6 is 0 Å². The van der Waals surface area contributed by atoms with Crippen molar-refractivity contribution in [2.45, 2.75) is 45.8 Å². The number of nitrogens with zero attached hydrogens (tertiary/aromatic N) is 2. The van der Waals surface area contributed by atoms with E-state index < -0.39 is 11.7 Å². The maximum absolute atomic E-state index is 12.9. The van der Waals surface area contributed by atoms with Crippen LogP contribution in [0, 0.1) is 0 Å². The second kappa shape index (κ2) is 11.0. The standard InChI is InChI=1S/C26H33N3O5/c1-26(2,3)34-25(32)28(4)14-8-15-29-16-13-20-17-21(11-12-22(20)23(29)30)27-24(31)33-18-19-9-6-5-7-10-19/h5-7,9-12,17H,8,13-16,18H2,1-4H3,(H,27,31). The Labute approximate surface area is 200 Å². The van der Waals surface area contributed by atoms with Gasteiger partial charge in [0.2, 0.25) is 0 Å². The molecule has 0 saturated carbocycles. The highest BCUT2D eigenvalue weighted by Gasteiger charge is 2.25. The Balaban J connectivity index is 1.48. The van der Waals surface area contributed by atoms with E-state index in [4.69, 9.17) is 9.47 Å². The first-order valence-corrected chi connectivity index (χ1v) is 11.5. The van der Waals surface area contributed by atoms with Crippen LogP contribution in [0.3, 0.4) is 0 Å². The van der Waals surface area contributed by atoms with E-state index in [-0.39, 0.29) is 18.6 Å². The Hall–Kier alpha value is -3.55. The van der Waals surface area contributed by atoms with E-state index in [9.17, 15) is 14.4 Å². The monoisotopic (exact) mass is 467 g/mol. The van der Waals surface area contributed by atoms with Gasteiger partial charge in [-0.3, -0.25) is 10.1 Å². The smallest absolute Gasteiger partial charge is 0.411 e. The van der Waals surface area contributed by atoms with Crippen LogP contribution in [0.25, 0.3) is 0 Å². The van der Waals surface area contributed by atoms with E-state index in [1.54, 1.807) is 24.1 Å². The maximum atomic E-state index is 12.9. The molecule has 0 saturated heterocycles. The van der Waals surface area contributed by atoms with Crippen LogP contribution in [-0.2, 0) is 22.5 Å². The van der Waals surface area contributed by atoms with Crippen molar-refractivity contribution in [3.8, 4) is 0 Å². The van der Waals surface area contributed by atoms with Gasteiger partial charge in [0.05, 0.1) is 0 Å². The van der Waals surface area contributed by atoms with Gasteiger partial charge in [-0.2, -0.15) is 0 Å². The summed E-state index contributed by atoms with van der Waals surface area (Å²) < 4.78 is 10.6. The highest BCUT2D eigenvalue weighted by Crippen LogP contribution is 2.23. The number of carbonyl (C=O) groups excluding carboxylic acids is 3. The summed E-state index contributed by atoms with van der Waals surface area (Å²) >= 11 is 0. The number of ether oxygens (including phenoxy) is 2. The first-order chi connectivity index (χ1) is 16.1. The van der Waals surface area contributed by atoms with Crippen molar-refractivity contribution < 1.29 is 23.9 Å². The Kier molecular flexibility index (Phi) is 8.15. The molecule has 2 aromatic rings. The molecular formula is C26H33N3O5. The summed E-state index contributed by atoms with van der Waals surface area (Å²) in [5.74, 6) is -0.0422. The second-order valence-electron chi connectivity index (χ2n) is 9.36. The molecule has 3 rings (SSSR count). The number of nitrogens with one attached hydrogen (secondary N) is 1. The molecule has 1 heterocycles. The van der Waals surface area contributed by atoms with Crippen LogP contribution in [-0.4, -0.2) is 60.2 Å². The highest BCUT2D eigenvalue weighted by atomic mass is 16.6. The molecule has 0 radical (unpaired) electrons. The summed E-state index contributed by atoms with van der Waals surface area (Å²) in [5, 5.41) is 2.73. The summed E-state index contributed by atoms with van der Waals surface area (Å²) in [4.78, 5) is 40.4. The first-order valence-electron chi connectivity index (χ1n) is 11.5. The third-order valence-electron chi connectivity index (χ3n) is 5.36.